The van der Waals surface area contributed by atoms with Crippen LogP contribution >= 0.6 is 0 Å². The van der Waals surface area contributed by atoms with Crippen molar-refractivity contribution in [3.05, 3.63) is 30.2 Å². The summed E-state index contributed by atoms with van der Waals surface area (Å²) >= 11 is 0. The molecule has 102 valence electrons. The minimum absolute atomic E-state index is 0.00394. The topological polar surface area (TPSA) is 94.1 Å². The molecular weight excluding hydrogens is 266 g/mol. The van der Waals surface area contributed by atoms with Crippen LogP contribution in [0.1, 0.15) is 5.69 Å². The van der Waals surface area contributed by atoms with E-state index in [0.29, 0.717) is 11.4 Å². The predicted octanol–water partition coefficient (Wildman–Crippen LogP) is 0.531. The highest BCUT2D eigenvalue weighted by Gasteiger charge is 2.29. The van der Waals surface area contributed by atoms with Crippen LogP contribution in [0.3, 0.4) is 0 Å². The van der Waals surface area contributed by atoms with E-state index in [1.165, 1.54) is 17.9 Å². The number of nitrogen functional groups attached to an aromatic ring is 1. The number of nitrogens with zero attached hydrogens (tertiary/aromatic N) is 4. The zero-order valence-electron chi connectivity index (χ0n) is 10.9. The molecule has 2 N–H and O–H groups in total. The van der Waals surface area contributed by atoms with Gasteiger partial charge in [-0.2, -0.15) is 5.10 Å². The summed E-state index contributed by atoms with van der Waals surface area (Å²) in [6, 6.07) is 3.33. The van der Waals surface area contributed by atoms with Gasteiger partial charge in [-0.25, -0.2) is 8.42 Å². The summed E-state index contributed by atoms with van der Waals surface area (Å²) in [6.45, 7) is 1.66. The fourth-order valence-corrected chi connectivity index (χ4v) is 3.22. The third-order valence-electron chi connectivity index (χ3n) is 2.93. The zero-order valence-corrected chi connectivity index (χ0v) is 11.7. The van der Waals surface area contributed by atoms with Crippen molar-refractivity contribution >= 4 is 21.5 Å². The summed E-state index contributed by atoms with van der Waals surface area (Å²) in [6.07, 6.45) is 3.05. The molecule has 2 aromatic heterocycles. The van der Waals surface area contributed by atoms with E-state index in [9.17, 15) is 8.42 Å². The summed E-state index contributed by atoms with van der Waals surface area (Å²) in [7, 11) is -0.643. The molecule has 0 bridgehead atoms. The molecule has 2 heterocycles. The Balaban J connectivity index is 2.55. The first-order chi connectivity index (χ1) is 8.85. The molecular formula is C11H15N5O2S. The van der Waals surface area contributed by atoms with Crippen LogP contribution in [-0.2, 0) is 17.1 Å². The van der Waals surface area contributed by atoms with E-state index in [1.807, 2.05) is 0 Å². The van der Waals surface area contributed by atoms with Crippen molar-refractivity contribution in [3.8, 4) is 0 Å². The molecule has 0 saturated heterocycles. The Kier molecular flexibility index (Phi) is 3.19. The fraction of sp³-hybridized carbons (Fsp3) is 0.273. The molecule has 0 unspecified atom stereocenters. The lowest BCUT2D eigenvalue weighted by Gasteiger charge is -2.18. The molecule has 0 radical (unpaired) electrons. The number of aromatic nitrogens is 3. The molecule has 0 aromatic carbocycles. The van der Waals surface area contributed by atoms with Gasteiger partial charge in [0.05, 0.1) is 17.6 Å². The molecule has 19 heavy (non-hydrogen) atoms. The average Bonchev–Trinajstić information content (AvgIpc) is 2.63. The summed E-state index contributed by atoms with van der Waals surface area (Å²) in [4.78, 5) is 3.93. The number of hydrogen-bond acceptors (Lipinski definition) is 5. The first-order valence-corrected chi connectivity index (χ1v) is 6.97. The first kappa shape index (κ1) is 13.3. The van der Waals surface area contributed by atoms with Gasteiger partial charge in [-0.1, -0.05) is 0 Å². The van der Waals surface area contributed by atoms with Gasteiger partial charge in [0.2, 0.25) is 0 Å². The van der Waals surface area contributed by atoms with Gasteiger partial charge in [0, 0.05) is 20.3 Å². The van der Waals surface area contributed by atoms with Crippen molar-refractivity contribution in [3.63, 3.8) is 0 Å². The van der Waals surface area contributed by atoms with E-state index in [-0.39, 0.29) is 10.7 Å². The van der Waals surface area contributed by atoms with Crippen molar-refractivity contribution in [2.75, 3.05) is 17.1 Å². The molecule has 2 rings (SSSR count). The Labute approximate surface area is 111 Å². The van der Waals surface area contributed by atoms with Crippen LogP contribution in [-0.4, -0.2) is 30.2 Å². The minimum atomic E-state index is -3.75. The fourth-order valence-electron chi connectivity index (χ4n) is 1.75. The maximum atomic E-state index is 12.6. The van der Waals surface area contributed by atoms with Crippen LogP contribution in [0.2, 0.25) is 0 Å². The third-order valence-corrected chi connectivity index (χ3v) is 4.88. The molecule has 7 nitrogen and oxygen atoms in total. The molecule has 8 heteroatoms. The molecule has 0 aliphatic rings. The normalized spacial score (nSPS) is 11.5. The second-order valence-electron chi connectivity index (χ2n) is 4.11. The van der Waals surface area contributed by atoms with Gasteiger partial charge in [-0.3, -0.25) is 14.0 Å². The largest absolute Gasteiger partial charge is 0.381 e. The van der Waals surface area contributed by atoms with Crippen LogP contribution < -0.4 is 10.0 Å². The van der Waals surface area contributed by atoms with Gasteiger partial charge >= 0.3 is 0 Å². The number of rotatable bonds is 3. The summed E-state index contributed by atoms with van der Waals surface area (Å²) in [5, 5.41) is 3.93. The molecule has 0 saturated carbocycles. The second kappa shape index (κ2) is 4.54. The average molecular weight is 281 g/mol. The third kappa shape index (κ3) is 2.14. The van der Waals surface area contributed by atoms with Crippen molar-refractivity contribution in [1.82, 2.24) is 14.8 Å². The lowest BCUT2D eigenvalue weighted by molar-refractivity contribution is 0.593. The van der Waals surface area contributed by atoms with Crippen LogP contribution in [0.4, 0.5) is 11.5 Å². The SMILES string of the molecule is Cc1c(S(=O)(=O)N(C)c2cccnc2)c(N)nn1C. The Morgan fingerprint density at radius 1 is 1.42 bits per heavy atom. The van der Waals surface area contributed by atoms with Gasteiger partial charge in [0.15, 0.2) is 10.7 Å². The van der Waals surface area contributed by atoms with Crippen LogP contribution in [0, 0.1) is 6.92 Å². The maximum Gasteiger partial charge on any atom is 0.269 e. The first-order valence-electron chi connectivity index (χ1n) is 5.53. The Morgan fingerprint density at radius 2 is 2.11 bits per heavy atom. The zero-order chi connectivity index (χ0) is 14.2. The standard InChI is InChI=1S/C11H15N5O2S/c1-8-10(11(12)14-15(8)2)19(17,18)16(3)9-5-4-6-13-7-9/h4-7H,1-3H3,(H2,12,14). The molecule has 0 spiro atoms. The molecule has 0 atom stereocenters. The number of aryl methyl sites for hydroxylation is 1. The number of pyridine rings is 1. The van der Waals surface area contributed by atoms with Gasteiger partial charge in [-0.15, -0.1) is 0 Å². The van der Waals surface area contributed by atoms with E-state index in [4.69, 9.17) is 5.73 Å². The van der Waals surface area contributed by atoms with Crippen LogP contribution in [0.25, 0.3) is 0 Å². The quantitative estimate of drug-likeness (QED) is 0.885. The van der Waals surface area contributed by atoms with Crippen molar-refractivity contribution in [1.29, 1.82) is 0 Å². The van der Waals surface area contributed by atoms with Crippen LogP contribution in [0.5, 0.6) is 0 Å². The highest BCUT2D eigenvalue weighted by atomic mass is 32.2. The van der Waals surface area contributed by atoms with E-state index in [0.717, 1.165) is 4.31 Å². The minimum Gasteiger partial charge on any atom is -0.381 e. The highest BCUT2D eigenvalue weighted by molar-refractivity contribution is 7.93. The number of anilines is 2. The number of nitrogens with two attached hydrogens (primary N) is 1. The highest BCUT2D eigenvalue weighted by Crippen LogP contribution is 2.27. The number of hydrogen-bond donors (Lipinski definition) is 1. The predicted molar refractivity (Wildman–Crippen MR) is 72.2 cm³/mol. The monoisotopic (exact) mass is 281 g/mol. The molecule has 0 aliphatic carbocycles. The van der Waals surface area contributed by atoms with Gasteiger partial charge in [0.25, 0.3) is 10.0 Å². The molecule has 2 aromatic rings. The number of sulfonamides is 1. The smallest absolute Gasteiger partial charge is 0.269 e. The Morgan fingerprint density at radius 3 is 2.58 bits per heavy atom. The van der Waals surface area contributed by atoms with E-state index in [2.05, 4.69) is 10.1 Å². The lowest BCUT2D eigenvalue weighted by atomic mass is 10.4. The second-order valence-corrected chi connectivity index (χ2v) is 6.01. The van der Waals surface area contributed by atoms with Crippen molar-refractivity contribution in [2.45, 2.75) is 11.8 Å². The summed E-state index contributed by atoms with van der Waals surface area (Å²) < 4.78 is 27.7. The van der Waals surface area contributed by atoms with Gasteiger partial charge in [0.1, 0.15) is 0 Å². The van der Waals surface area contributed by atoms with Gasteiger partial charge < -0.3 is 5.73 Å². The van der Waals surface area contributed by atoms with Crippen molar-refractivity contribution in [2.24, 2.45) is 7.05 Å². The maximum absolute atomic E-state index is 12.6. The van der Waals surface area contributed by atoms with E-state index >= 15 is 0 Å². The van der Waals surface area contributed by atoms with Crippen LogP contribution in [0.15, 0.2) is 29.4 Å². The molecule has 0 aliphatic heterocycles. The van der Waals surface area contributed by atoms with Crippen molar-refractivity contribution < 1.29 is 8.42 Å². The Bertz CT molecular complexity index is 693. The molecule has 0 fully saturated rings. The molecule has 0 amide bonds. The van der Waals surface area contributed by atoms with Gasteiger partial charge in [-0.05, 0) is 19.1 Å². The summed E-state index contributed by atoms with van der Waals surface area (Å²) in [5.41, 5.74) is 6.65. The Hall–Kier alpha value is -2.09. The van der Waals surface area contributed by atoms with E-state index < -0.39 is 10.0 Å². The lowest BCUT2D eigenvalue weighted by Crippen LogP contribution is -2.27. The van der Waals surface area contributed by atoms with E-state index in [1.54, 1.807) is 32.3 Å². The summed E-state index contributed by atoms with van der Waals surface area (Å²) in [5.74, 6) is -0.00394.